The van der Waals surface area contributed by atoms with Gasteiger partial charge in [-0.2, -0.15) is 11.8 Å². The van der Waals surface area contributed by atoms with Gasteiger partial charge in [0, 0.05) is 5.56 Å². The van der Waals surface area contributed by atoms with Crippen LogP contribution >= 0.6 is 11.8 Å². The number of thioether (sulfide) groups is 1. The summed E-state index contributed by atoms with van der Waals surface area (Å²) in [7, 11) is 0. The fraction of sp³-hybridized carbons (Fsp3) is 0.276. The summed E-state index contributed by atoms with van der Waals surface area (Å²) in [5.41, 5.74) is 8.49. The maximum Gasteiger partial charge on any atom is 0.326 e. The van der Waals surface area contributed by atoms with E-state index in [2.05, 4.69) is 10.6 Å². The Morgan fingerprint density at radius 2 is 1.61 bits per heavy atom. The van der Waals surface area contributed by atoms with Gasteiger partial charge in [-0.1, -0.05) is 60.7 Å². The normalized spacial score (nSPS) is 12.3. The number of nitrogens with one attached hydrogen (secondary N) is 2. The van der Waals surface area contributed by atoms with Crippen LogP contribution in [-0.4, -0.2) is 47.0 Å². The minimum atomic E-state index is -1.11. The Balaban J connectivity index is 1.76. The predicted molar refractivity (Wildman–Crippen MR) is 150 cm³/mol. The Bertz CT molecular complexity index is 1210. The van der Waals surface area contributed by atoms with E-state index in [1.165, 1.54) is 12.1 Å². The van der Waals surface area contributed by atoms with Crippen molar-refractivity contribution in [3.63, 3.8) is 0 Å². The lowest BCUT2D eigenvalue weighted by molar-refractivity contribution is -0.139. The number of ether oxygens (including phenoxy) is 1. The molecule has 0 heterocycles. The molecule has 200 valence electrons. The topological polar surface area (TPSA) is 131 Å². The van der Waals surface area contributed by atoms with Crippen LogP contribution in [-0.2, 0) is 22.6 Å². The van der Waals surface area contributed by atoms with Gasteiger partial charge in [-0.15, -0.1) is 0 Å². The molecule has 0 aromatic heterocycles. The lowest BCUT2D eigenvalue weighted by atomic mass is 10.0. The van der Waals surface area contributed by atoms with Gasteiger partial charge in [-0.05, 0) is 60.6 Å². The molecule has 3 aromatic rings. The highest BCUT2D eigenvalue weighted by Crippen LogP contribution is 2.27. The fourth-order valence-corrected chi connectivity index (χ4v) is 4.17. The van der Waals surface area contributed by atoms with Crippen LogP contribution in [0.2, 0.25) is 0 Å². The molecule has 9 heteroatoms. The molecule has 0 saturated heterocycles. The number of benzene rings is 3. The first-order chi connectivity index (χ1) is 18.4. The van der Waals surface area contributed by atoms with Gasteiger partial charge >= 0.3 is 5.97 Å². The van der Waals surface area contributed by atoms with Gasteiger partial charge in [-0.25, -0.2) is 4.79 Å². The summed E-state index contributed by atoms with van der Waals surface area (Å²) < 4.78 is 5.98. The second-order valence-electron chi connectivity index (χ2n) is 8.75. The zero-order chi connectivity index (χ0) is 27.3. The number of carboxylic acids is 1. The molecule has 5 N–H and O–H groups in total. The van der Waals surface area contributed by atoms with E-state index in [1.54, 1.807) is 17.8 Å². The molecule has 0 bridgehead atoms. The van der Waals surface area contributed by atoms with Gasteiger partial charge in [-0.3, -0.25) is 9.59 Å². The molecular weight excluding hydrogens is 502 g/mol. The fourth-order valence-electron chi connectivity index (χ4n) is 3.68. The first-order valence-electron chi connectivity index (χ1n) is 12.3. The summed E-state index contributed by atoms with van der Waals surface area (Å²) in [6.07, 6.45) is 3.21. The second kappa shape index (κ2) is 14.8. The molecule has 3 rings (SSSR count). The number of nitrogens with two attached hydrogens (primary N) is 1. The van der Waals surface area contributed by atoms with Crippen molar-refractivity contribution in [2.24, 2.45) is 5.73 Å². The zero-order valence-corrected chi connectivity index (χ0v) is 22.1. The Morgan fingerprint density at radius 3 is 2.24 bits per heavy atom. The summed E-state index contributed by atoms with van der Waals surface area (Å²) in [6, 6.07) is 21.8. The number of carbonyl (C=O) groups is 3. The van der Waals surface area contributed by atoms with E-state index in [0.29, 0.717) is 18.5 Å². The molecule has 0 radical (unpaired) electrons. The van der Waals surface area contributed by atoms with Gasteiger partial charge in [0.2, 0.25) is 5.91 Å². The summed E-state index contributed by atoms with van der Waals surface area (Å²) in [6.45, 7) is 0.210. The van der Waals surface area contributed by atoms with Gasteiger partial charge < -0.3 is 26.2 Å². The van der Waals surface area contributed by atoms with E-state index < -0.39 is 24.0 Å². The summed E-state index contributed by atoms with van der Waals surface area (Å²) in [5.74, 6) is -0.988. The molecule has 0 aliphatic heterocycles. The van der Waals surface area contributed by atoms with E-state index in [9.17, 15) is 19.5 Å². The molecule has 2 amide bonds. The first kappa shape index (κ1) is 28.7. The van der Waals surface area contributed by atoms with Crippen LogP contribution in [0.5, 0.6) is 5.75 Å². The lowest BCUT2D eigenvalue weighted by Crippen LogP contribution is -2.41. The summed E-state index contributed by atoms with van der Waals surface area (Å²) in [4.78, 5) is 37.5. The van der Waals surface area contributed by atoms with Crippen LogP contribution < -0.4 is 21.1 Å². The average Bonchev–Trinajstić information content (AvgIpc) is 2.94. The molecular formula is C29H33N3O5S. The molecule has 0 aliphatic carbocycles. The third-order valence-corrected chi connectivity index (χ3v) is 6.52. The highest BCUT2D eigenvalue weighted by atomic mass is 32.2. The van der Waals surface area contributed by atoms with Gasteiger partial charge in [0.1, 0.15) is 18.4 Å². The average molecular weight is 536 g/mol. The van der Waals surface area contributed by atoms with Crippen LogP contribution in [0.25, 0.3) is 0 Å². The van der Waals surface area contributed by atoms with Crippen LogP contribution in [0.3, 0.4) is 0 Å². The van der Waals surface area contributed by atoms with Crippen molar-refractivity contribution < 1.29 is 24.2 Å². The molecule has 0 saturated carbocycles. The third-order valence-electron chi connectivity index (χ3n) is 5.88. The number of carboxylic acid groups (broad SMARTS) is 1. The third kappa shape index (κ3) is 8.93. The van der Waals surface area contributed by atoms with Crippen molar-refractivity contribution >= 4 is 35.2 Å². The maximum absolute atomic E-state index is 13.0. The van der Waals surface area contributed by atoms with Crippen LogP contribution in [0.15, 0.2) is 78.9 Å². The van der Waals surface area contributed by atoms with Crippen molar-refractivity contribution in [2.45, 2.75) is 38.0 Å². The smallest absolute Gasteiger partial charge is 0.326 e. The standard InChI is InChI=1S/C29H33N3O5S/c1-38-17-16-23(30)28(34)31-24-15-13-22(18-26(24)37-19-21-10-6-3-7-11-21)27(33)32-25(29(35)36)14-12-20-8-4-2-5-9-20/h2-11,13,15,18,23,25H,12,14,16-17,19,30H2,1H3,(H,31,34)(H,32,33)(H,35,36)/t23-,25-/m0/s1. The molecule has 0 spiro atoms. The number of amides is 2. The molecule has 0 unspecified atom stereocenters. The van der Waals surface area contributed by atoms with Crippen molar-refractivity contribution in [1.82, 2.24) is 5.32 Å². The quantitative estimate of drug-likeness (QED) is 0.244. The Morgan fingerprint density at radius 1 is 0.947 bits per heavy atom. The lowest BCUT2D eigenvalue weighted by Gasteiger charge is -2.18. The maximum atomic E-state index is 13.0. The number of anilines is 1. The number of rotatable bonds is 14. The predicted octanol–water partition coefficient (Wildman–Crippen LogP) is 4.10. The molecule has 8 nitrogen and oxygen atoms in total. The SMILES string of the molecule is CSCC[C@H](N)C(=O)Nc1ccc(C(=O)N[C@@H](CCc2ccccc2)C(=O)O)cc1OCc1ccccc1. The van der Waals surface area contributed by atoms with Gasteiger partial charge in [0.15, 0.2) is 0 Å². The number of hydrogen-bond donors (Lipinski definition) is 4. The molecule has 0 fully saturated rings. The van der Waals surface area contributed by atoms with Crippen molar-refractivity contribution in [3.8, 4) is 5.75 Å². The largest absolute Gasteiger partial charge is 0.487 e. The highest BCUT2D eigenvalue weighted by molar-refractivity contribution is 7.98. The zero-order valence-electron chi connectivity index (χ0n) is 21.3. The van der Waals surface area contributed by atoms with E-state index in [-0.39, 0.29) is 30.2 Å². The molecule has 0 aliphatic rings. The summed E-state index contributed by atoms with van der Waals surface area (Å²) in [5, 5.41) is 15.1. The van der Waals surface area contributed by atoms with Gasteiger partial charge in [0.25, 0.3) is 5.91 Å². The molecule has 2 atom stereocenters. The van der Waals surface area contributed by atoms with Crippen LogP contribution in [0.1, 0.15) is 34.3 Å². The van der Waals surface area contributed by atoms with E-state index in [1.807, 2.05) is 66.9 Å². The molecule has 3 aromatic carbocycles. The molecule has 38 heavy (non-hydrogen) atoms. The highest BCUT2D eigenvalue weighted by Gasteiger charge is 2.22. The number of hydrogen-bond acceptors (Lipinski definition) is 6. The second-order valence-corrected chi connectivity index (χ2v) is 9.74. The minimum absolute atomic E-state index is 0.210. The minimum Gasteiger partial charge on any atom is -0.487 e. The number of aryl methyl sites for hydroxylation is 1. The first-order valence-corrected chi connectivity index (χ1v) is 13.7. The van der Waals surface area contributed by atoms with Crippen molar-refractivity contribution in [3.05, 3.63) is 95.6 Å². The van der Waals surface area contributed by atoms with Crippen LogP contribution in [0, 0.1) is 0 Å². The number of aliphatic carboxylic acids is 1. The van der Waals surface area contributed by atoms with E-state index in [0.717, 1.165) is 16.9 Å². The number of carbonyl (C=O) groups excluding carboxylic acids is 2. The Labute approximate surface area is 227 Å². The Kier molecular flexibility index (Phi) is 11.2. The van der Waals surface area contributed by atoms with Crippen molar-refractivity contribution in [1.29, 1.82) is 0 Å². The summed E-state index contributed by atoms with van der Waals surface area (Å²) >= 11 is 1.61. The Hall–Kier alpha value is -3.82. The van der Waals surface area contributed by atoms with Crippen LogP contribution in [0.4, 0.5) is 5.69 Å². The van der Waals surface area contributed by atoms with E-state index >= 15 is 0 Å². The van der Waals surface area contributed by atoms with Crippen molar-refractivity contribution in [2.75, 3.05) is 17.3 Å². The van der Waals surface area contributed by atoms with E-state index in [4.69, 9.17) is 10.5 Å². The van der Waals surface area contributed by atoms with Gasteiger partial charge in [0.05, 0.1) is 11.7 Å². The monoisotopic (exact) mass is 535 g/mol.